The molecule has 0 radical (unpaired) electrons. The monoisotopic (exact) mass is 282 g/mol. The number of halogens is 2. The van der Waals surface area contributed by atoms with Crippen LogP contribution in [0.25, 0.3) is 0 Å². The lowest BCUT2D eigenvalue weighted by Gasteiger charge is -2.17. The lowest BCUT2D eigenvalue weighted by molar-refractivity contribution is 0.476. The maximum Gasteiger partial charge on any atom is 0.244 e. The molecule has 2 N–H and O–H groups in total. The summed E-state index contributed by atoms with van der Waals surface area (Å²) in [7, 11) is -2.17. The van der Waals surface area contributed by atoms with Crippen molar-refractivity contribution < 1.29 is 8.42 Å². The first-order valence-electron chi connectivity index (χ1n) is 4.51. The molecular weight excluding hydrogens is 271 g/mol. The normalized spacial score (nSPS) is 12.1. The average Bonchev–Trinajstić information content (AvgIpc) is 2.22. The van der Waals surface area contributed by atoms with E-state index in [2.05, 4.69) is 0 Å². The molecule has 0 aromatic heterocycles. The molecule has 0 saturated heterocycles. The van der Waals surface area contributed by atoms with Crippen LogP contribution >= 0.6 is 23.2 Å². The fourth-order valence-corrected chi connectivity index (χ4v) is 3.07. The smallest absolute Gasteiger partial charge is 0.244 e. The number of rotatable bonds is 4. The molecule has 0 aliphatic heterocycles. The Bertz CT molecular complexity index is 476. The second-order valence-electron chi connectivity index (χ2n) is 3.17. The van der Waals surface area contributed by atoms with Crippen molar-refractivity contribution in [2.45, 2.75) is 4.90 Å². The summed E-state index contributed by atoms with van der Waals surface area (Å²) >= 11 is 11.6. The summed E-state index contributed by atoms with van der Waals surface area (Å²) in [5.41, 5.74) is 5.31. The van der Waals surface area contributed by atoms with E-state index in [0.717, 1.165) is 4.31 Å². The van der Waals surface area contributed by atoms with Crippen molar-refractivity contribution in [2.24, 2.45) is 5.73 Å². The summed E-state index contributed by atoms with van der Waals surface area (Å²) in [5, 5.41) is 0.247. The van der Waals surface area contributed by atoms with Crippen LogP contribution in [0, 0.1) is 0 Å². The minimum atomic E-state index is -3.62. The molecule has 0 amide bonds. The third-order valence-electron chi connectivity index (χ3n) is 2.05. The summed E-state index contributed by atoms with van der Waals surface area (Å²) in [6.07, 6.45) is 0. The van der Waals surface area contributed by atoms with Crippen molar-refractivity contribution in [3.05, 3.63) is 28.2 Å². The fraction of sp³-hybridized carbons (Fsp3) is 0.333. The van der Waals surface area contributed by atoms with E-state index in [4.69, 9.17) is 28.9 Å². The van der Waals surface area contributed by atoms with Crippen LogP contribution in [0.5, 0.6) is 0 Å². The SMILES string of the molecule is CN(CCN)S(=O)(=O)c1cccc(Cl)c1Cl. The zero-order valence-corrected chi connectivity index (χ0v) is 11.0. The molecule has 0 atom stereocenters. The van der Waals surface area contributed by atoms with Crippen molar-refractivity contribution in [1.29, 1.82) is 0 Å². The molecule has 1 aromatic rings. The third-order valence-corrected chi connectivity index (χ3v) is 4.88. The van der Waals surface area contributed by atoms with Gasteiger partial charge in [-0.1, -0.05) is 29.3 Å². The quantitative estimate of drug-likeness (QED) is 0.912. The Morgan fingerprint density at radius 3 is 2.56 bits per heavy atom. The number of nitrogens with two attached hydrogens (primary N) is 1. The Labute approximate surface area is 105 Å². The molecule has 1 rings (SSSR count). The first-order chi connectivity index (χ1) is 7.41. The zero-order chi connectivity index (χ0) is 12.3. The Kier molecular flexibility index (Phi) is 4.58. The van der Waals surface area contributed by atoms with Gasteiger partial charge in [0.25, 0.3) is 0 Å². The van der Waals surface area contributed by atoms with Gasteiger partial charge in [0.05, 0.1) is 10.0 Å². The first-order valence-corrected chi connectivity index (χ1v) is 6.71. The minimum absolute atomic E-state index is 0.00221. The number of hydrogen-bond acceptors (Lipinski definition) is 3. The summed E-state index contributed by atoms with van der Waals surface area (Å²) in [4.78, 5) is -0.00221. The van der Waals surface area contributed by atoms with Gasteiger partial charge in [-0.3, -0.25) is 0 Å². The fourth-order valence-electron chi connectivity index (χ4n) is 1.15. The largest absolute Gasteiger partial charge is 0.329 e. The Hall–Kier alpha value is -0.330. The molecule has 0 fully saturated rings. The maximum atomic E-state index is 12.0. The highest BCUT2D eigenvalue weighted by molar-refractivity contribution is 7.89. The highest BCUT2D eigenvalue weighted by Crippen LogP contribution is 2.30. The van der Waals surface area contributed by atoms with Gasteiger partial charge < -0.3 is 5.73 Å². The van der Waals surface area contributed by atoms with Crippen LogP contribution in [0.15, 0.2) is 23.1 Å². The topological polar surface area (TPSA) is 63.4 Å². The molecular formula is C9H12Cl2N2O2S. The van der Waals surface area contributed by atoms with E-state index in [-0.39, 0.29) is 28.0 Å². The second-order valence-corrected chi connectivity index (χ2v) is 5.97. The van der Waals surface area contributed by atoms with Crippen molar-refractivity contribution in [3.8, 4) is 0 Å². The Morgan fingerprint density at radius 1 is 1.38 bits per heavy atom. The molecule has 0 aliphatic rings. The average molecular weight is 283 g/mol. The molecule has 7 heteroatoms. The molecule has 90 valence electrons. The molecule has 1 aromatic carbocycles. The summed E-state index contributed by atoms with van der Waals surface area (Å²) < 4.78 is 25.2. The van der Waals surface area contributed by atoms with Crippen LogP contribution in [-0.4, -0.2) is 32.9 Å². The van der Waals surface area contributed by atoms with E-state index in [0.29, 0.717) is 0 Å². The maximum absolute atomic E-state index is 12.0. The van der Waals surface area contributed by atoms with Crippen molar-refractivity contribution in [3.63, 3.8) is 0 Å². The highest BCUT2D eigenvalue weighted by Gasteiger charge is 2.23. The Morgan fingerprint density at radius 2 is 2.00 bits per heavy atom. The lowest BCUT2D eigenvalue weighted by atomic mass is 10.4. The Balaban J connectivity index is 3.22. The molecule has 0 bridgehead atoms. The van der Waals surface area contributed by atoms with Crippen LogP contribution in [0.4, 0.5) is 0 Å². The van der Waals surface area contributed by atoms with Crippen molar-refractivity contribution in [2.75, 3.05) is 20.1 Å². The second kappa shape index (κ2) is 5.33. The first kappa shape index (κ1) is 13.7. The molecule has 0 unspecified atom stereocenters. The molecule has 0 aliphatic carbocycles. The lowest BCUT2D eigenvalue weighted by Crippen LogP contribution is -2.31. The predicted molar refractivity (Wildman–Crippen MR) is 65.3 cm³/mol. The van der Waals surface area contributed by atoms with E-state index >= 15 is 0 Å². The van der Waals surface area contributed by atoms with E-state index in [1.165, 1.54) is 25.2 Å². The zero-order valence-electron chi connectivity index (χ0n) is 8.65. The van der Waals surface area contributed by atoms with Gasteiger partial charge in [-0.05, 0) is 12.1 Å². The van der Waals surface area contributed by atoms with Gasteiger partial charge in [0.15, 0.2) is 0 Å². The van der Waals surface area contributed by atoms with Gasteiger partial charge in [0.2, 0.25) is 10.0 Å². The minimum Gasteiger partial charge on any atom is -0.329 e. The molecule has 0 saturated carbocycles. The van der Waals surface area contributed by atoms with Crippen molar-refractivity contribution >= 4 is 33.2 Å². The summed E-state index contributed by atoms with van der Waals surface area (Å²) in [6, 6.07) is 4.49. The standard InChI is InChI=1S/C9H12Cl2N2O2S/c1-13(6-5-12)16(14,15)8-4-2-3-7(10)9(8)11/h2-4H,5-6,12H2,1H3. The molecule has 16 heavy (non-hydrogen) atoms. The summed E-state index contributed by atoms with van der Waals surface area (Å²) in [6.45, 7) is 0.471. The van der Waals surface area contributed by atoms with E-state index in [9.17, 15) is 8.42 Å². The van der Waals surface area contributed by atoms with Crippen LogP contribution < -0.4 is 5.73 Å². The van der Waals surface area contributed by atoms with Crippen molar-refractivity contribution in [1.82, 2.24) is 4.31 Å². The van der Waals surface area contributed by atoms with Gasteiger partial charge in [0, 0.05) is 20.1 Å². The van der Waals surface area contributed by atoms with E-state index < -0.39 is 10.0 Å². The third kappa shape index (κ3) is 2.67. The van der Waals surface area contributed by atoms with Gasteiger partial charge in [0.1, 0.15) is 4.90 Å². The molecule has 0 heterocycles. The number of hydrogen-bond donors (Lipinski definition) is 1. The van der Waals surface area contributed by atoms with Gasteiger partial charge in [-0.15, -0.1) is 0 Å². The van der Waals surface area contributed by atoms with E-state index in [1.807, 2.05) is 0 Å². The van der Waals surface area contributed by atoms with E-state index in [1.54, 1.807) is 0 Å². The van der Waals surface area contributed by atoms with Crippen LogP contribution in [0.1, 0.15) is 0 Å². The van der Waals surface area contributed by atoms with Gasteiger partial charge in [-0.25, -0.2) is 8.42 Å². The number of nitrogens with zero attached hydrogens (tertiary/aromatic N) is 1. The number of benzene rings is 1. The van der Waals surface area contributed by atoms with Crippen LogP contribution in [0.3, 0.4) is 0 Å². The highest BCUT2D eigenvalue weighted by atomic mass is 35.5. The number of likely N-dealkylation sites (N-methyl/N-ethyl adjacent to an activating group) is 1. The predicted octanol–water partition coefficient (Wildman–Crippen LogP) is 1.57. The van der Waals surface area contributed by atoms with Crippen LogP contribution in [-0.2, 0) is 10.0 Å². The van der Waals surface area contributed by atoms with Gasteiger partial charge in [-0.2, -0.15) is 4.31 Å². The summed E-state index contributed by atoms with van der Waals surface area (Å²) in [5.74, 6) is 0. The molecule has 0 spiro atoms. The van der Waals surface area contributed by atoms with Crippen LogP contribution in [0.2, 0.25) is 10.0 Å². The molecule has 4 nitrogen and oxygen atoms in total. The van der Waals surface area contributed by atoms with Gasteiger partial charge >= 0.3 is 0 Å². The number of sulfonamides is 1.